The summed E-state index contributed by atoms with van der Waals surface area (Å²) in [5.74, 6) is -0.317. The molecular weight excluding hydrogens is 224 g/mol. The van der Waals surface area contributed by atoms with Crippen molar-refractivity contribution >= 4 is 5.91 Å². The molecule has 3 nitrogen and oxygen atoms in total. The molecule has 1 atom stereocenters. The molecule has 0 saturated heterocycles. The highest BCUT2D eigenvalue weighted by molar-refractivity contribution is 5.83. The van der Waals surface area contributed by atoms with E-state index in [2.05, 4.69) is 37.4 Å². The first-order valence-electron chi connectivity index (χ1n) is 6.39. The van der Waals surface area contributed by atoms with E-state index in [4.69, 9.17) is 5.73 Å². The fourth-order valence-corrected chi connectivity index (χ4v) is 2.70. The van der Waals surface area contributed by atoms with E-state index in [1.54, 1.807) is 0 Å². The van der Waals surface area contributed by atoms with Gasteiger partial charge in [0.05, 0.1) is 5.54 Å². The molecule has 18 heavy (non-hydrogen) atoms. The smallest absolute Gasteiger partial charge is 0.237 e. The Morgan fingerprint density at radius 2 is 2.00 bits per heavy atom. The number of hydrogen-bond acceptors (Lipinski definition) is 2. The fourth-order valence-electron chi connectivity index (χ4n) is 2.70. The van der Waals surface area contributed by atoms with Crippen molar-refractivity contribution in [2.75, 3.05) is 0 Å². The number of primary amides is 1. The summed E-state index contributed by atoms with van der Waals surface area (Å²) in [6.45, 7) is 8.13. The zero-order valence-electron chi connectivity index (χ0n) is 11.6. The zero-order chi connectivity index (χ0) is 13.6. The molecule has 3 heteroatoms. The van der Waals surface area contributed by atoms with E-state index in [1.807, 2.05) is 19.9 Å². The van der Waals surface area contributed by atoms with E-state index in [-0.39, 0.29) is 17.4 Å². The van der Waals surface area contributed by atoms with Gasteiger partial charge in [-0.05, 0) is 36.8 Å². The van der Waals surface area contributed by atoms with Crippen LogP contribution in [-0.2, 0) is 11.2 Å². The van der Waals surface area contributed by atoms with Crippen molar-refractivity contribution in [1.29, 1.82) is 0 Å². The molecular formula is C15H22N2O. The molecule has 0 aromatic heterocycles. The van der Waals surface area contributed by atoms with Crippen molar-refractivity contribution in [3.63, 3.8) is 0 Å². The third-order valence-electron chi connectivity index (χ3n) is 3.91. The second-order valence-electron chi connectivity index (χ2n) is 6.43. The maximum Gasteiger partial charge on any atom is 0.237 e. The normalized spacial score (nSPS) is 21.7. The maximum atomic E-state index is 11.5. The molecule has 0 bridgehead atoms. The first-order chi connectivity index (χ1) is 8.24. The molecule has 1 aliphatic rings. The Bertz CT molecular complexity index is 477. The average molecular weight is 246 g/mol. The van der Waals surface area contributed by atoms with Gasteiger partial charge in [0.1, 0.15) is 0 Å². The molecule has 1 amide bonds. The third kappa shape index (κ3) is 2.15. The van der Waals surface area contributed by atoms with Crippen LogP contribution in [-0.4, -0.2) is 11.4 Å². The minimum absolute atomic E-state index is 0.0937. The van der Waals surface area contributed by atoms with E-state index in [0.717, 1.165) is 6.42 Å². The molecule has 98 valence electrons. The van der Waals surface area contributed by atoms with E-state index < -0.39 is 5.54 Å². The Balaban J connectivity index is 2.35. The van der Waals surface area contributed by atoms with Crippen LogP contribution in [0.2, 0.25) is 0 Å². The number of rotatable bonds is 3. The zero-order valence-corrected chi connectivity index (χ0v) is 11.6. The molecule has 3 N–H and O–H groups in total. The van der Waals surface area contributed by atoms with Gasteiger partial charge in [-0.1, -0.05) is 38.1 Å². The highest BCUT2D eigenvalue weighted by atomic mass is 16.1. The van der Waals surface area contributed by atoms with Gasteiger partial charge in [-0.15, -0.1) is 0 Å². The Kier molecular flexibility index (Phi) is 2.98. The number of hydrogen-bond donors (Lipinski definition) is 2. The number of amides is 1. The second kappa shape index (κ2) is 4.09. The van der Waals surface area contributed by atoms with E-state index >= 15 is 0 Å². The molecule has 0 fully saturated rings. The van der Waals surface area contributed by atoms with Gasteiger partial charge in [0, 0.05) is 6.04 Å². The van der Waals surface area contributed by atoms with Gasteiger partial charge >= 0.3 is 0 Å². The molecule has 1 unspecified atom stereocenters. The SMILES string of the molecule is CC(C)(NC1c2ccccc2CC1(C)C)C(N)=O. The van der Waals surface area contributed by atoms with Gasteiger partial charge in [-0.25, -0.2) is 0 Å². The molecule has 0 saturated carbocycles. The van der Waals surface area contributed by atoms with E-state index in [0.29, 0.717) is 0 Å². The minimum atomic E-state index is -0.695. The van der Waals surface area contributed by atoms with E-state index in [1.165, 1.54) is 11.1 Å². The van der Waals surface area contributed by atoms with Crippen LogP contribution in [0.5, 0.6) is 0 Å². The summed E-state index contributed by atoms with van der Waals surface area (Å²) in [5.41, 5.74) is 7.50. The lowest BCUT2D eigenvalue weighted by atomic mass is 9.83. The summed E-state index contributed by atoms with van der Waals surface area (Å²) in [6, 6.07) is 8.58. The Morgan fingerprint density at radius 3 is 2.61 bits per heavy atom. The predicted octanol–water partition coefficient (Wildman–Crippen LogP) is 2.16. The minimum Gasteiger partial charge on any atom is -0.368 e. The second-order valence-corrected chi connectivity index (χ2v) is 6.43. The summed E-state index contributed by atoms with van der Waals surface area (Å²) in [7, 11) is 0. The van der Waals surface area contributed by atoms with Crippen molar-refractivity contribution in [1.82, 2.24) is 5.32 Å². The van der Waals surface area contributed by atoms with Crippen LogP contribution in [0.3, 0.4) is 0 Å². The molecule has 2 rings (SSSR count). The summed E-state index contributed by atoms with van der Waals surface area (Å²) in [6.07, 6.45) is 1.02. The molecule has 0 aliphatic heterocycles. The van der Waals surface area contributed by atoms with Crippen LogP contribution < -0.4 is 11.1 Å². The van der Waals surface area contributed by atoms with Gasteiger partial charge in [-0.3, -0.25) is 10.1 Å². The van der Waals surface area contributed by atoms with Gasteiger partial charge in [0.25, 0.3) is 0 Å². The van der Waals surface area contributed by atoms with E-state index in [9.17, 15) is 4.79 Å². The third-order valence-corrected chi connectivity index (χ3v) is 3.91. The van der Waals surface area contributed by atoms with Crippen molar-refractivity contribution in [2.45, 2.75) is 45.7 Å². The van der Waals surface area contributed by atoms with Crippen LogP contribution in [0.25, 0.3) is 0 Å². The van der Waals surface area contributed by atoms with Gasteiger partial charge in [0.15, 0.2) is 0 Å². The summed E-state index contributed by atoms with van der Waals surface area (Å²) >= 11 is 0. The van der Waals surface area contributed by atoms with Crippen molar-refractivity contribution in [3.8, 4) is 0 Å². The van der Waals surface area contributed by atoms with Crippen molar-refractivity contribution < 1.29 is 4.79 Å². The number of nitrogens with one attached hydrogen (secondary N) is 1. The Morgan fingerprint density at radius 1 is 1.39 bits per heavy atom. The quantitative estimate of drug-likeness (QED) is 0.858. The summed E-state index contributed by atoms with van der Waals surface area (Å²) < 4.78 is 0. The predicted molar refractivity (Wildman–Crippen MR) is 73.1 cm³/mol. The highest BCUT2D eigenvalue weighted by Crippen LogP contribution is 2.45. The molecule has 0 spiro atoms. The molecule has 0 radical (unpaired) electrons. The molecule has 0 heterocycles. The fraction of sp³-hybridized carbons (Fsp3) is 0.533. The molecule has 1 aromatic carbocycles. The first-order valence-corrected chi connectivity index (χ1v) is 6.39. The summed E-state index contributed by atoms with van der Waals surface area (Å²) in [5, 5.41) is 3.43. The van der Waals surface area contributed by atoms with Crippen molar-refractivity contribution in [2.24, 2.45) is 11.1 Å². The molecule has 1 aromatic rings. The largest absolute Gasteiger partial charge is 0.368 e. The van der Waals surface area contributed by atoms with Crippen LogP contribution in [0.15, 0.2) is 24.3 Å². The lowest BCUT2D eigenvalue weighted by Gasteiger charge is -2.35. The highest BCUT2D eigenvalue weighted by Gasteiger charge is 2.42. The number of carbonyl (C=O) groups is 1. The topological polar surface area (TPSA) is 55.1 Å². The monoisotopic (exact) mass is 246 g/mol. The number of fused-ring (bicyclic) bond motifs is 1. The van der Waals surface area contributed by atoms with Crippen LogP contribution in [0.4, 0.5) is 0 Å². The Hall–Kier alpha value is -1.35. The lowest BCUT2D eigenvalue weighted by molar-refractivity contribution is -0.123. The lowest BCUT2D eigenvalue weighted by Crippen LogP contribution is -2.53. The van der Waals surface area contributed by atoms with Crippen molar-refractivity contribution in [3.05, 3.63) is 35.4 Å². The number of nitrogens with two attached hydrogens (primary N) is 1. The molecule has 1 aliphatic carbocycles. The van der Waals surface area contributed by atoms with Crippen LogP contribution in [0, 0.1) is 5.41 Å². The number of carbonyl (C=O) groups excluding carboxylic acids is 1. The summed E-state index contributed by atoms with van der Waals surface area (Å²) in [4.78, 5) is 11.5. The van der Waals surface area contributed by atoms with Gasteiger partial charge < -0.3 is 5.73 Å². The van der Waals surface area contributed by atoms with Crippen LogP contribution >= 0.6 is 0 Å². The maximum absolute atomic E-state index is 11.5. The van der Waals surface area contributed by atoms with Gasteiger partial charge in [0.2, 0.25) is 5.91 Å². The first kappa shape index (κ1) is 13.1. The van der Waals surface area contributed by atoms with Crippen LogP contribution in [0.1, 0.15) is 44.9 Å². The number of benzene rings is 1. The average Bonchev–Trinajstić information content (AvgIpc) is 2.50. The standard InChI is InChI=1S/C15H22N2O/c1-14(2)9-10-7-5-6-8-11(10)12(14)17-15(3,4)13(16)18/h5-8,12,17H,9H2,1-4H3,(H2,16,18). The van der Waals surface area contributed by atoms with Gasteiger partial charge in [-0.2, -0.15) is 0 Å². The Labute approximate surface area is 109 Å².